The Kier molecular flexibility index (Phi) is 5.74. The highest BCUT2D eigenvalue weighted by molar-refractivity contribution is 5.20. The Morgan fingerprint density at radius 1 is 1.10 bits per heavy atom. The number of hydrogen-bond acceptors (Lipinski definition) is 1. The molecule has 1 aliphatic carbocycles. The van der Waals surface area contributed by atoms with E-state index in [0.29, 0.717) is 17.9 Å². The average molecular weight is 295 g/mol. The van der Waals surface area contributed by atoms with Crippen LogP contribution in [0, 0.1) is 29.4 Å². The van der Waals surface area contributed by atoms with Crippen molar-refractivity contribution in [3.8, 4) is 0 Å². The number of benzene rings is 1. The van der Waals surface area contributed by atoms with Gasteiger partial charge in [-0.15, -0.1) is 0 Å². The minimum atomic E-state index is -0.505. The average Bonchev–Trinajstić information content (AvgIpc) is 2.47. The summed E-state index contributed by atoms with van der Waals surface area (Å²) in [5.74, 6) is 1.25. The second-order valence-electron chi connectivity index (χ2n) is 6.75. The minimum absolute atomic E-state index is 0.276. The van der Waals surface area contributed by atoms with Gasteiger partial charge in [0, 0.05) is 12.1 Å². The molecule has 0 aliphatic heterocycles. The first kappa shape index (κ1) is 16.4. The van der Waals surface area contributed by atoms with Gasteiger partial charge in [-0.05, 0) is 68.5 Å². The molecule has 1 aromatic rings. The Hall–Kier alpha value is -0.960. The molecule has 0 heterocycles. The second kappa shape index (κ2) is 7.35. The number of rotatable bonds is 5. The van der Waals surface area contributed by atoms with Crippen LogP contribution in [0.2, 0.25) is 0 Å². The summed E-state index contributed by atoms with van der Waals surface area (Å²) >= 11 is 0. The van der Waals surface area contributed by atoms with E-state index in [1.807, 2.05) is 7.05 Å². The standard InChI is InChI=1S/C18H27F2N/c1-12(2)13-4-6-14(7-5-13)18(21-3)10-15-8-9-16(19)11-17(15)20/h8-9,11-14,18,21H,4-7,10H2,1-3H3. The summed E-state index contributed by atoms with van der Waals surface area (Å²) in [6.07, 6.45) is 5.59. The molecule has 0 amide bonds. The van der Waals surface area contributed by atoms with E-state index in [2.05, 4.69) is 19.2 Å². The van der Waals surface area contributed by atoms with E-state index < -0.39 is 11.6 Å². The summed E-state index contributed by atoms with van der Waals surface area (Å²) in [6.45, 7) is 4.60. The molecule has 2 rings (SSSR count). The van der Waals surface area contributed by atoms with Gasteiger partial charge in [0.1, 0.15) is 11.6 Å². The van der Waals surface area contributed by atoms with Crippen molar-refractivity contribution in [2.75, 3.05) is 7.05 Å². The molecule has 1 N–H and O–H groups in total. The highest BCUT2D eigenvalue weighted by Crippen LogP contribution is 2.35. The fourth-order valence-electron chi connectivity index (χ4n) is 3.64. The van der Waals surface area contributed by atoms with E-state index in [0.717, 1.165) is 17.9 Å². The van der Waals surface area contributed by atoms with E-state index in [1.165, 1.54) is 31.7 Å². The molecule has 1 aromatic carbocycles. The summed E-state index contributed by atoms with van der Waals surface area (Å²) < 4.78 is 26.8. The van der Waals surface area contributed by atoms with Gasteiger partial charge in [0.15, 0.2) is 0 Å². The van der Waals surface area contributed by atoms with Crippen LogP contribution in [0.1, 0.15) is 45.1 Å². The Labute approximate surface area is 127 Å². The predicted octanol–water partition coefficient (Wildman–Crippen LogP) is 4.56. The normalized spacial score (nSPS) is 24.3. The van der Waals surface area contributed by atoms with Gasteiger partial charge in [0.25, 0.3) is 0 Å². The quantitative estimate of drug-likeness (QED) is 0.840. The Bertz CT molecular complexity index is 451. The third-order valence-electron chi connectivity index (χ3n) is 5.15. The molecule has 0 radical (unpaired) electrons. The molecule has 0 aromatic heterocycles. The molecule has 1 saturated carbocycles. The largest absolute Gasteiger partial charge is 0.316 e. The van der Waals surface area contributed by atoms with Crippen LogP contribution in [0.3, 0.4) is 0 Å². The SMILES string of the molecule is CNC(Cc1ccc(F)cc1F)C1CCC(C(C)C)CC1. The molecule has 1 aliphatic rings. The Morgan fingerprint density at radius 2 is 1.71 bits per heavy atom. The zero-order valence-corrected chi connectivity index (χ0v) is 13.3. The van der Waals surface area contributed by atoms with Crippen molar-refractivity contribution in [3.05, 3.63) is 35.4 Å². The summed E-state index contributed by atoms with van der Waals surface area (Å²) in [5.41, 5.74) is 0.613. The van der Waals surface area contributed by atoms with Crippen molar-refractivity contribution < 1.29 is 8.78 Å². The molecule has 1 unspecified atom stereocenters. The van der Waals surface area contributed by atoms with Gasteiger partial charge < -0.3 is 5.32 Å². The van der Waals surface area contributed by atoms with Crippen molar-refractivity contribution in [2.45, 2.75) is 52.0 Å². The summed E-state index contributed by atoms with van der Waals surface area (Å²) in [7, 11) is 1.95. The van der Waals surface area contributed by atoms with Gasteiger partial charge in [-0.25, -0.2) is 8.78 Å². The minimum Gasteiger partial charge on any atom is -0.316 e. The molecule has 21 heavy (non-hydrogen) atoms. The molecule has 0 bridgehead atoms. The van der Waals surface area contributed by atoms with Gasteiger partial charge in [0.2, 0.25) is 0 Å². The van der Waals surface area contributed by atoms with Crippen molar-refractivity contribution in [1.82, 2.24) is 5.32 Å². The highest BCUT2D eigenvalue weighted by Gasteiger charge is 2.28. The summed E-state index contributed by atoms with van der Waals surface area (Å²) in [6, 6.07) is 4.19. The lowest BCUT2D eigenvalue weighted by atomic mass is 9.73. The molecule has 1 fully saturated rings. The molecular formula is C18H27F2N. The van der Waals surface area contributed by atoms with Crippen molar-refractivity contribution in [1.29, 1.82) is 0 Å². The van der Waals surface area contributed by atoms with Crippen LogP contribution in [-0.4, -0.2) is 13.1 Å². The lowest BCUT2D eigenvalue weighted by Gasteiger charge is -2.35. The Balaban J connectivity index is 1.97. The zero-order chi connectivity index (χ0) is 15.4. The first-order valence-electron chi connectivity index (χ1n) is 8.12. The third-order valence-corrected chi connectivity index (χ3v) is 5.15. The van der Waals surface area contributed by atoms with Gasteiger partial charge >= 0.3 is 0 Å². The summed E-state index contributed by atoms with van der Waals surface area (Å²) in [4.78, 5) is 0. The van der Waals surface area contributed by atoms with Crippen molar-refractivity contribution in [3.63, 3.8) is 0 Å². The van der Waals surface area contributed by atoms with Crippen LogP contribution in [0.5, 0.6) is 0 Å². The van der Waals surface area contributed by atoms with Gasteiger partial charge in [0.05, 0.1) is 0 Å². The maximum absolute atomic E-state index is 13.8. The van der Waals surface area contributed by atoms with Crippen LogP contribution in [0.15, 0.2) is 18.2 Å². The smallest absolute Gasteiger partial charge is 0.129 e. The second-order valence-corrected chi connectivity index (χ2v) is 6.75. The molecule has 118 valence electrons. The predicted molar refractivity (Wildman–Crippen MR) is 83.2 cm³/mol. The van der Waals surface area contributed by atoms with Crippen LogP contribution in [-0.2, 0) is 6.42 Å². The lowest BCUT2D eigenvalue weighted by molar-refractivity contribution is 0.191. The molecule has 1 atom stereocenters. The van der Waals surface area contributed by atoms with Crippen LogP contribution in [0.4, 0.5) is 8.78 Å². The number of likely N-dealkylation sites (N-methyl/N-ethyl adjacent to an activating group) is 1. The third kappa shape index (κ3) is 4.26. The molecule has 1 nitrogen and oxygen atoms in total. The fraction of sp³-hybridized carbons (Fsp3) is 0.667. The van der Waals surface area contributed by atoms with Crippen LogP contribution in [0.25, 0.3) is 0 Å². The molecule has 3 heteroatoms. The molecular weight excluding hydrogens is 268 g/mol. The highest BCUT2D eigenvalue weighted by atomic mass is 19.1. The number of nitrogens with one attached hydrogen (secondary N) is 1. The van der Waals surface area contributed by atoms with E-state index in [4.69, 9.17) is 0 Å². The zero-order valence-electron chi connectivity index (χ0n) is 13.3. The maximum atomic E-state index is 13.8. The summed E-state index contributed by atoms with van der Waals surface area (Å²) in [5, 5.41) is 3.35. The molecule has 0 spiro atoms. The van der Waals surface area contributed by atoms with E-state index >= 15 is 0 Å². The van der Waals surface area contributed by atoms with E-state index in [9.17, 15) is 8.78 Å². The fourth-order valence-corrected chi connectivity index (χ4v) is 3.64. The first-order chi connectivity index (χ1) is 10.0. The van der Waals surface area contributed by atoms with E-state index in [-0.39, 0.29) is 6.04 Å². The maximum Gasteiger partial charge on any atom is 0.129 e. The van der Waals surface area contributed by atoms with Crippen LogP contribution < -0.4 is 5.32 Å². The first-order valence-corrected chi connectivity index (χ1v) is 8.12. The van der Waals surface area contributed by atoms with Gasteiger partial charge in [-0.2, -0.15) is 0 Å². The number of hydrogen-bond donors (Lipinski definition) is 1. The Morgan fingerprint density at radius 3 is 2.24 bits per heavy atom. The van der Waals surface area contributed by atoms with Crippen molar-refractivity contribution >= 4 is 0 Å². The van der Waals surface area contributed by atoms with Gasteiger partial charge in [-0.3, -0.25) is 0 Å². The van der Waals surface area contributed by atoms with Gasteiger partial charge in [-0.1, -0.05) is 19.9 Å². The topological polar surface area (TPSA) is 12.0 Å². The van der Waals surface area contributed by atoms with E-state index in [1.54, 1.807) is 6.07 Å². The monoisotopic (exact) mass is 295 g/mol. The van der Waals surface area contributed by atoms with Crippen molar-refractivity contribution in [2.24, 2.45) is 17.8 Å². The number of halogens is 2. The lowest BCUT2D eigenvalue weighted by Crippen LogP contribution is -2.38. The molecule has 0 saturated heterocycles. The van der Waals surface area contributed by atoms with Crippen LogP contribution >= 0.6 is 0 Å².